The lowest BCUT2D eigenvalue weighted by molar-refractivity contribution is -0.114. The number of carboxylic acids is 1. The van der Waals surface area contributed by atoms with E-state index < -0.39 is 10.9 Å². The second kappa shape index (κ2) is 7.02. The van der Waals surface area contributed by atoms with Gasteiger partial charge in [0, 0.05) is 0 Å². The first-order valence-electron chi connectivity index (χ1n) is 8.44. The molecular weight excluding hydrogens is 396 g/mol. The Hall–Kier alpha value is -3.72. The van der Waals surface area contributed by atoms with Crippen LogP contribution in [0.15, 0.2) is 56.3 Å². The molecule has 29 heavy (non-hydrogen) atoms. The number of fused-ring (bicyclic) bond motifs is 1. The van der Waals surface area contributed by atoms with Crippen LogP contribution in [0.1, 0.15) is 22.8 Å². The zero-order chi connectivity index (χ0) is 20.7. The summed E-state index contributed by atoms with van der Waals surface area (Å²) in [5.41, 5.74) is 2.26. The van der Waals surface area contributed by atoms with Crippen LogP contribution >= 0.6 is 11.3 Å². The molecule has 9 heteroatoms. The number of benzene rings is 2. The number of hydrogen-bond acceptors (Lipinski definition) is 7. The Bertz CT molecular complexity index is 1280. The van der Waals surface area contributed by atoms with Gasteiger partial charge in [0.25, 0.3) is 5.91 Å². The predicted molar refractivity (Wildman–Crippen MR) is 109 cm³/mol. The Labute approximate surface area is 167 Å². The van der Waals surface area contributed by atoms with Crippen LogP contribution in [-0.4, -0.2) is 29.8 Å². The number of nitrogens with zero attached hydrogens (tertiary/aromatic N) is 2. The second-order valence-corrected chi connectivity index (χ2v) is 7.20. The summed E-state index contributed by atoms with van der Waals surface area (Å²) in [5.74, 6) is -1.09. The molecule has 3 aromatic rings. The molecular formula is C20H14N2O6S. The highest BCUT2D eigenvalue weighted by molar-refractivity contribution is 7.16. The van der Waals surface area contributed by atoms with Gasteiger partial charge in [0.05, 0.1) is 34.3 Å². The lowest BCUT2D eigenvalue weighted by Crippen LogP contribution is -2.21. The first kappa shape index (κ1) is 18.6. The molecule has 2 heterocycles. The second-order valence-electron chi connectivity index (χ2n) is 6.22. The van der Waals surface area contributed by atoms with E-state index in [1.165, 1.54) is 24.3 Å². The summed E-state index contributed by atoms with van der Waals surface area (Å²) in [6.45, 7) is 1.69. The van der Waals surface area contributed by atoms with Gasteiger partial charge in [-0.15, -0.1) is 0 Å². The Kier molecular flexibility index (Phi) is 4.51. The molecule has 1 aliphatic rings. The van der Waals surface area contributed by atoms with Gasteiger partial charge in [-0.3, -0.25) is 4.79 Å². The van der Waals surface area contributed by atoms with Crippen LogP contribution in [0.3, 0.4) is 0 Å². The van der Waals surface area contributed by atoms with E-state index in [-0.39, 0.29) is 11.5 Å². The molecule has 0 bridgehead atoms. The molecule has 0 fully saturated rings. The number of hydrogen-bond donors (Lipinski definition) is 1. The maximum absolute atomic E-state index is 12.9. The first-order valence-corrected chi connectivity index (χ1v) is 9.26. The average molecular weight is 410 g/mol. The molecule has 1 amide bonds. The quantitative estimate of drug-likeness (QED) is 0.661. The Balaban J connectivity index is 1.74. The predicted octanol–water partition coefficient (Wildman–Crippen LogP) is 3.37. The minimum Gasteiger partial charge on any atom is -0.493 e. The molecule has 0 unspecified atom stereocenters. The van der Waals surface area contributed by atoms with Gasteiger partial charge in [-0.05, 0) is 48.9 Å². The highest BCUT2D eigenvalue weighted by Crippen LogP contribution is 2.31. The lowest BCUT2D eigenvalue weighted by Gasteiger charge is -2.12. The summed E-state index contributed by atoms with van der Waals surface area (Å²) in [5, 5.41) is 14.6. The number of amides is 1. The van der Waals surface area contributed by atoms with E-state index >= 15 is 0 Å². The zero-order valence-corrected chi connectivity index (χ0v) is 16.1. The maximum Gasteiger partial charge on any atom is 0.396 e. The number of methoxy groups -OCH3 is 1. The summed E-state index contributed by atoms with van der Waals surface area (Å²) in [4.78, 5) is 35.2. The third-order valence-electron chi connectivity index (χ3n) is 4.35. The van der Waals surface area contributed by atoms with Crippen LogP contribution in [0.25, 0.3) is 16.4 Å². The average Bonchev–Trinajstić information content (AvgIpc) is 3.21. The number of hydrazone groups is 1. The summed E-state index contributed by atoms with van der Waals surface area (Å²) in [7, 11) is 1.47. The Morgan fingerprint density at radius 1 is 1.28 bits per heavy atom. The highest BCUT2D eigenvalue weighted by Gasteiger charge is 2.29. The summed E-state index contributed by atoms with van der Waals surface area (Å²) in [6.07, 6.45) is 1.65. The van der Waals surface area contributed by atoms with Crippen molar-refractivity contribution in [1.82, 2.24) is 0 Å². The fourth-order valence-corrected chi connectivity index (χ4v) is 3.73. The number of aromatic carboxylic acids is 1. The molecule has 0 saturated heterocycles. The zero-order valence-electron chi connectivity index (χ0n) is 15.3. The fourth-order valence-electron chi connectivity index (χ4n) is 3.00. The third kappa shape index (κ3) is 3.32. The number of rotatable bonds is 4. The molecule has 0 spiro atoms. The van der Waals surface area contributed by atoms with Gasteiger partial charge in [-0.25, -0.2) is 9.59 Å². The molecule has 0 radical (unpaired) electrons. The number of anilines is 1. The first-order chi connectivity index (χ1) is 13.9. The van der Waals surface area contributed by atoms with Gasteiger partial charge in [0.2, 0.25) is 0 Å². The molecule has 0 saturated carbocycles. The van der Waals surface area contributed by atoms with E-state index in [0.717, 1.165) is 11.3 Å². The molecule has 146 valence electrons. The van der Waals surface area contributed by atoms with Crippen LogP contribution in [0, 0.1) is 0 Å². The van der Waals surface area contributed by atoms with Crippen molar-refractivity contribution < 1.29 is 23.8 Å². The third-order valence-corrected chi connectivity index (χ3v) is 5.13. The van der Waals surface area contributed by atoms with Gasteiger partial charge in [0.15, 0.2) is 11.3 Å². The summed E-state index contributed by atoms with van der Waals surface area (Å²) >= 11 is 0.944. The van der Waals surface area contributed by atoms with Crippen molar-refractivity contribution >= 4 is 51.0 Å². The van der Waals surface area contributed by atoms with Crippen molar-refractivity contribution in [2.24, 2.45) is 5.10 Å². The SMILES string of the molecule is COc1cc(C=C2C(=O)N(c3cccc(C(=O)O)c3)N=C2C)cc2sc(=O)oc12. The van der Waals surface area contributed by atoms with E-state index in [4.69, 9.17) is 14.3 Å². The summed E-state index contributed by atoms with van der Waals surface area (Å²) < 4.78 is 11.0. The molecule has 4 rings (SSSR count). The fraction of sp³-hybridized carbons (Fsp3) is 0.100. The molecule has 1 aromatic heterocycles. The Morgan fingerprint density at radius 3 is 2.79 bits per heavy atom. The van der Waals surface area contributed by atoms with Gasteiger partial charge in [-0.2, -0.15) is 10.1 Å². The van der Waals surface area contributed by atoms with Gasteiger partial charge in [0.1, 0.15) is 0 Å². The van der Waals surface area contributed by atoms with E-state index in [1.807, 2.05) is 0 Å². The number of carboxylic acid groups (broad SMARTS) is 1. The summed E-state index contributed by atoms with van der Waals surface area (Å²) in [6, 6.07) is 9.39. The van der Waals surface area contributed by atoms with Crippen LogP contribution in [0.2, 0.25) is 0 Å². The van der Waals surface area contributed by atoms with E-state index in [9.17, 15) is 14.4 Å². The maximum atomic E-state index is 12.9. The van der Waals surface area contributed by atoms with Crippen molar-refractivity contribution in [3.8, 4) is 5.75 Å². The van der Waals surface area contributed by atoms with Crippen molar-refractivity contribution in [1.29, 1.82) is 0 Å². The number of carbonyl (C=O) groups excluding carboxylic acids is 1. The number of carbonyl (C=O) groups is 2. The van der Waals surface area contributed by atoms with Crippen LogP contribution in [0.5, 0.6) is 5.75 Å². The monoisotopic (exact) mass is 410 g/mol. The molecule has 8 nitrogen and oxygen atoms in total. The normalized spacial score (nSPS) is 15.2. The largest absolute Gasteiger partial charge is 0.493 e. The van der Waals surface area contributed by atoms with Crippen LogP contribution < -0.4 is 14.7 Å². The van der Waals surface area contributed by atoms with Gasteiger partial charge >= 0.3 is 10.9 Å². The van der Waals surface area contributed by atoms with Crippen molar-refractivity contribution in [2.75, 3.05) is 12.1 Å². The topological polar surface area (TPSA) is 109 Å². The standard InChI is InChI=1S/C20H14N2O6S/c1-10-14(6-11-7-15(27-2)17-16(8-11)29-20(26)28-17)18(23)22(21-10)13-5-3-4-12(9-13)19(24)25/h3-9H,1-2H3,(H,24,25). The molecule has 0 atom stereocenters. The minimum atomic E-state index is -1.09. The van der Waals surface area contributed by atoms with E-state index in [0.29, 0.717) is 38.6 Å². The molecule has 1 aliphatic heterocycles. The smallest absolute Gasteiger partial charge is 0.396 e. The Morgan fingerprint density at radius 2 is 2.07 bits per heavy atom. The van der Waals surface area contributed by atoms with Crippen molar-refractivity contribution in [3.63, 3.8) is 0 Å². The highest BCUT2D eigenvalue weighted by atomic mass is 32.1. The number of ether oxygens (including phenoxy) is 1. The van der Waals surface area contributed by atoms with Crippen molar-refractivity contribution in [2.45, 2.75) is 6.92 Å². The molecule has 1 N–H and O–H groups in total. The van der Waals surface area contributed by atoms with Gasteiger partial charge in [-0.1, -0.05) is 17.4 Å². The van der Waals surface area contributed by atoms with Gasteiger partial charge < -0.3 is 14.3 Å². The van der Waals surface area contributed by atoms with E-state index in [2.05, 4.69) is 5.10 Å². The van der Waals surface area contributed by atoms with Crippen molar-refractivity contribution in [3.05, 3.63) is 62.8 Å². The minimum absolute atomic E-state index is 0.0608. The van der Waals surface area contributed by atoms with Crippen LogP contribution in [0.4, 0.5) is 5.69 Å². The van der Waals surface area contributed by atoms with E-state index in [1.54, 1.807) is 37.3 Å². The molecule has 2 aromatic carbocycles. The molecule has 0 aliphatic carbocycles. The lowest BCUT2D eigenvalue weighted by atomic mass is 10.1. The van der Waals surface area contributed by atoms with Crippen LogP contribution in [-0.2, 0) is 4.79 Å².